The van der Waals surface area contributed by atoms with Crippen molar-refractivity contribution in [1.82, 2.24) is 4.90 Å². The zero-order chi connectivity index (χ0) is 19.5. The van der Waals surface area contributed by atoms with E-state index in [4.69, 9.17) is 31.4 Å². The highest BCUT2D eigenvalue weighted by atomic mass is 35.5. The molecule has 0 spiro atoms. The number of nitrogens with zero attached hydrogens (tertiary/aromatic N) is 1. The Kier molecular flexibility index (Phi) is 10.3. The summed E-state index contributed by atoms with van der Waals surface area (Å²) in [6, 6.07) is 8.51. The van der Waals surface area contributed by atoms with Crippen molar-refractivity contribution in [2.45, 2.75) is 51.9 Å². The van der Waals surface area contributed by atoms with Gasteiger partial charge in [-0.2, -0.15) is 0 Å². The molecular weight excluding hydrogens is 354 g/mol. The highest BCUT2D eigenvalue weighted by Gasteiger charge is 2.16. The van der Waals surface area contributed by atoms with Gasteiger partial charge in [0.25, 0.3) is 0 Å². The number of likely N-dealkylation sites (tertiary alicyclic amines) is 1. The molecule has 6 heteroatoms. The second-order valence-corrected chi connectivity index (χ2v) is 7.60. The minimum Gasteiger partial charge on any atom is -0.473 e. The molecule has 0 aliphatic carbocycles. The molecule has 0 bridgehead atoms. The Balaban J connectivity index is 0.000000487. The third-order valence-corrected chi connectivity index (χ3v) is 4.86. The molecule has 1 unspecified atom stereocenters. The first-order chi connectivity index (χ1) is 12.3. The van der Waals surface area contributed by atoms with E-state index >= 15 is 0 Å². The van der Waals surface area contributed by atoms with Gasteiger partial charge in [0.05, 0.1) is 0 Å². The van der Waals surface area contributed by atoms with Gasteiger partial charge in [-0.05, 0) is 74.8 Å². The van der Waals surface area contributed by atoms with E-state index in [0.717, 1.165) is 10.9 Å². The summed E-state index contributed by atoms with van der Waals surface area (Å²) in [4.78, 5) is 20.8. The number of benzene rings is 1. The fraction of sp³-hybridized carbons (Fsp3) is 0.600. The summed E-state index contributed by atoms with van der Waals surface area (Å²) in [6.45, 7) is 8.50. The fourth-order valence-corrected chi connectivity index (χ4v) is 3.22. The first kappa shape index (κ1) is 22.5. The zero-order valence-electron chi connectivity index (χ0n) is 15.7. The van der Waals surface area contributed by atoms with Crippen molar-refractivity contribution >= 4 is 23.5 Å². The van der Waals surface area contributed by atoms with Crippen molar-refractivity contribution in [1.29, 1.82) is 0 Å². The molecule has 26 heavy (non-hydrogen) atoms. The van der Waals surface area contributed by atoms with E-state index in [1.807, 2.05) is 12.1 Å². The number of aliphatic carboxylic acids is 2. The van der Waals surface area contributed by atoms with Gasteiger partial charge in [-0.25, -0.2) is 9.59 Å². The lowest BCUT2D eigenvalue weighted by atomic mass is 9.88. The molecule has 1 fully saturated rings. The number of hydrogen-bond acceptors (Lipinski definition) is 3. The van der Waals surface area contributed by atoms with Gasteiger partial charge in [0, 0.05) is 5.02 Å². The van der Waals surface area contributed by atoms with Crippen LogP contribution in [0, 0.1) is 5.92 Å². The Hall–Kier alpha value is -1.59. The molecule has 0 radical (unpaired) electrons. The lowest BCUT2D eigenvalue weighted by Crippen LogP contribution is -2.22. The summed E-state index contributed by atoms with van der Waals surface area (Å²) < 4.78 is 0. The van der Waals surface area contributed by atoms with Crippen molar-refractivity contribution in [3.05, 3.63) is 34.9 Å². The maximum Gasteiger partial charge on any atom is 0.414 e. The molecule has 146 valence electrons. The Labute approximate surface area is 161 Å². The van der Waals surface area contributed by atoms with Crippen LogP contribution in [0.1, 0.15) is 57.4 Å². The molecule has 1 aromatic carbocycles. The van der Waals surface area contributed by atoms with Crippen LogP contribution in [0.25, 0.3) is 0 Å². The van der Waals surface area contributed by atoms with E-state index in [-0.39, 0.29) is 0 Å². The van der Waals surface area contributed by atoms with E-state index in [0.29, 0.717) is 5.92 Å². The lowest BCUT2D eigenvalue weighted by Gasteiger charge is -2.22. The summed E-state index contributed by atoms with van der Waals surface area (Å²) in [7, 11) is 0. The predicted molar refractivity (Wildman–Crippen MR) is 104 cm³/mol. The third kappa shape index (κ3) is 9.20. The third-order valence-electron chi connectivity index (χ3n) is 4.61. The Morgan fingerprint density at radius 3 is 2.00 bits per heavy atom. The number of rotatable bonds is 7. The molecule has 1 heterocycles. The van der Waals surface area contributed by atoms with Crippen molar-refractivity contribution in [2.24, 2.45) is 5.92 Å². The number of carbonyl (C=O) groups is 2. The van der Waals surface area contributed by atoms with Crippen LogP contribution in [0.3, 0.4) is 0 Å². The van der Waals surface area contributed by atoms with E-state index in [1.165, 1.54) is 57.3 Å². The van der Waals surface area contributed by atoms with Crippen LogP contribution in [0.15, 0.2) is 24.3 Å². The van der Waals surface area contributed by atoms with Gasteiger partial charge in [0.2, 0.25) is 0 Å². The first-order valence-corrected chi connectivity index (χ1v) is 9.61. The Morgan fingerprint density at radius 2 is 1.54 bits per heavy atom. The summed E-state index contributed by atoms with van der Waals surface area (Å²) in [5.74, 6) is -2.17. The molecule has 1 atom stereocenters. The van der Waals surface area contributed by atoms with E-state index < -0.39 is 11.9 Å². The van der Waals surface area contributed by atoms with Crippen molar-refractivity contribution in [3.8, 4) is 0 Å². The predicted octanol–water partition coefficient (Wildman–Crippen LogP) is 4.50. The summed E-state index contributed by atoms with van der Waals surface area (Å²) in [5.41, 5.74) is 1.47. The molecule has 1 saturated heterocycles. The van der Waals surface area contributed by atoms with Gasteiger partial charge in [0.1, 0.15) is 0 Å². The molecule has 5 nitrogen and oxygen atoms in total. The molecule has 1 aromatic rings. The van der Waals surface area contributed by atoms with Crippen LogP contribution in [-0.4, -0.2) is 46.7 Å². The van der Waals surface area contributed by atoms with E-state index in [2.05, 4.69) is 30.9 Å². The Morgan fingerprint density at radius 1 is 1.00 bits per heavy atom. The standard InChI is InChI=1S/C18H28ClN.C2H2O4/c1-15(2)5-6-17(11-14-20-12-3-4-13-20)16-7-9-18(19)10-8-16;3-1(4)2(5)6/h7-10,15,17H,3-6,11-14H2,1-2H3;(H,3,4)(H,5,6). The molecule has 2 N–H and O–H groups in total. The van der Waals surface area contributed by atoms with E-state index in [9.17, 15) is 0 Å². The summed E-state index contributed by atoms with van der Waals surface area (Å²) >= 11 is 6.02. The second kappa shape index (κ2) is 11.9. The van der Waals surface area contributed by atoms with Crippen LogP contribution in [0.2, 0.25) is 5.02 Å². The quantitative estimate of drug-likeness (QED) is 0.677. The highest BCUT2D eigenvalue weighted by molar-refractivity contribution is 6.30. The van der Waals surface area contributed by atoms with Crippen LogP contribution >= 0.6 is 11.6 Å². The van der Waals surface area contributed by atoms with Crippen LogP contribution < -0.4 is 0 Å². The maximum atomic E-state index is 9.10. The topological polar surface area (TPSA) is 77.8 Å². The van der Waals surface area contributed by atoms with Crippen molar-refractivity contribution in [2.75, 3.05) is 19.6 Å². The van der Waals surface area contributed by atoms with Gasteiger partial charge in [-0.15, -0.1) is 0 Å². The smallest absolute Gasteiger partial charge is 0.414 e. The number of hydrogen-bond donors (Lipinski definition) is 2. The van der Waals surface area contributed by atoms with Gasteiger partial charge in [-0.1, -0.05) is 44.0 Å². The van der Waals surface area contributed by atoms with Gasteiger partial charge in [-0.3, -0.25) is 0 Å². The lowest BCUT2D eigenvalue weighted by molar-refractivity contribution is -0.159. The monoisotopic (exact) mass is 383 g/mol. The summed E-state index contributed by atoms with van der Waals surface area (Å²) in [5, 5.41) is 15.6. The molecule has 2 rings (SSSR count). The van der Waals surface area contributed by atoms with Crippen LogP contribution in [-0.2, 0) is 9.59 Å². The molecule has 0 aromatic heterocycles. The summed E-state index contributed by atoms with van der Waals surface area (Å²) in [6.07, 6.45) is 6.67. The number of halogens is 1. The maximum absolute atomic E-state index is 9.10. The molecule has 0 saturated carbocycles. The van der Waals surface area contributed by atoms with Crippen molar-refractivity contribution in [3.63, 3.8) is 0 Å². The minimum absolute atomic E-state index is 0.690. The number of carboxylic acid groups (broad SMARTS) is 2. The molecule has 0 amide bonds. The fourth-order valence-electron chi connectivity index (χ4n) is 3.09. The van der Waals surface area contributed by atoms with Crippen LogP contribution in [0.4, 0.5) is 0 Å². The van der Waals surface area contributed by atoms with Crippen LogP contribution in [0.5, 0.6) is 0 Å². The average Bonchev–Trinajstić information content (AvgIpc) is 3.10. The zero-order valence-corrected chi connectivity index (χ0v) is 16.4. The van der Waals surface area contributed by atoms with E-state index in [1.54, 1.807) is 0 Å². The Bertz CT molecular complexity index is 541. The van der Waals surface area contributed by atoms with Crippen molar-refractivity contribution < 1.29 is 19.8 Å². The number of carboxylic acids is 2. The molecule has 1 aliphatic heterocycles. The van der Waals surface area contributed by atoms with Gasteiger partial charge >= 0.3 is 11.9 Å². The molecular formula is C20H30ClNO4. The highest BCUT2D eigenvalue weighted by Crippen LogP contribution is 2.28. The minimum atomic E-state index is -1.82. The first-order valence-electron chi connectivity index (χ1n) is 9.23. The van der Waals surface area contributed by atoms with Gasteiger partial charge in [0.15, 0.2) is 0 Å². The largest absolute Gasteiger partial charge is 0.473 e. The SMILES string of the molecule is CC(C)CCC(CCN1CCCC1)c1ccc(Cl)cc1.O=C(O)C(=O)O. The normalized spacial score (nSPS) is 15.4. The van der Waals surface area contributed by atoms with Gasteiger partial charge < -0.3 is 15.1 Å². The molecule has 1 aliphatic rings. The second-order valence-electron chi connectivity index (χ2n) is 7.17. The average molecular weight is 384 g/mol.